The largest absolute Gasteiger partial charge is 0.507 e. The predicted octanol–water partition coefficient (Wildman–Crippen LogP) is 9.80. The summed E-state index contributed by atoms with van der Waals surface area (Å²) >= 11 is 0. The van der Waals surface area contributed by atoms with Crippen LogP contribution < -0.4 is 4.74 Å². The van der Waals surface area contributed by atoms with Gasteiger partial charge in [-0.05, 0) is 106 Å². The summed E-state index contributed by atoms with van der Waals surface area (Å²) in [6, 6.07) is 22.4. The summed E-state index contributed by atoms with van der Waals surface area (Å²) in [4.78, 5) is 0. The van der Waals surface area contributed by atoms with Crippen LogP contribution in [0.15, 0.2) is 121 Å². The molecule has 0 amide bonds. The molecule has 8 bridgehead atoms. The van der Waals surface area contributed by atoms with E-state index in [0.29, 0.717) is 80.9 Å². The van der Waals surface area contributed by atoms with Gasteiger partial charge in [-0.25, -0.2) is 0 Å². The lowest BCUT2D eigenvalue weighted by molar-refractivity contribution is 0.415. The van der Waals surface area contributed by atoms with Gasteiger partial charge in [0.25, 0.3) is 0 Å². The Kier molecular flexibility index (Phi) is 10.4. The molecule has 4 N–H and O–H groups in total. The fourth-order valence-corrected chi connectivity index (χ4v) is 6.81. The molecule has 6 rings (SSSR count). The lowest BCUT2D eigenvalue weighted by Gasteiger charge is -2.19. The molecule has 0 unspecified atom stereocenters. The number of phenols is 4. The highest BCUT2D eigenvalue weighted by Crippen LogP contribution is 2.40. The van der Waals surface area contributed by atoms with Crippen molar-refractivity contribution in [1.29, 1.82) is 0 Å². The van der Waals surface area contributed by atoms with Gasteiger partial charge in [-0.1, -0.05) is 54.6 Å². The van der Waals surface area contributed by atoms with Gasteiger partial charge >= 0.3 is 0 Å². The number of aromatic hydroxyl groups is 4. The van der Waals surface area contributed by atoms with Gasteiger partial charge in [-0.15, -0.1) is 19.7 Å². The first-order valence-electron chi connectivity index (χ1n) is 16.9. The molecule has 0 fully saturated rings. The van der Waals surface area contributed by atoms with E-state index in [1.807, 2.05) is 54.6 Å². The van der Waals surface area contributed by atoms with E-state index >= 15 is 0 Å². The zero-order valence-electron chi connectivity index (χ0n) is 28.8. The number of nitrogens with zero attached hydrogens (tertiary/aromatic N) is 2. The molecule has 7 nitrogen and oxygen atoms in total. The number of ether oxygens (including phenoxy) is 1. The first-order valence-corrected chi connectivity index (χ1v) is 16.9. The third-order valence-electron chi connectivity index (χ3n) is 9.25. The van der Waals surface area contributed by atoms with Crippen molar-refractivity contribution in [2.24, 2.45) is 10.2 Å². The van der Waals surface area contributed by atoms with Gasteiger partial charge in [0.2, 0.25) is 0 Å². The summed E-state index contributed by atoms with van der Waals surface area (Å²) in [5.74, 6) is 1.06. The summed E-state index contributed by atoms with van der Waals surface area (Å²) in [6.45, 7) is 11.8. The van der Waals surface area contributed by atoms with Gasteiger partial charge in [-0.2, -0.15) is 10.2 Å². The summed E-state index contributed by atoms with van der Waals surface area (Å²) in [5.41, 5.74) is 8.89. The Morgan fingerprint density at radius 3 is 1.08 bits per heavy atom. The van der Waals surface area contributed by atoms with Crippen LogP contribution in [-0.2, 0) is 44.9 Å². The Bertz CT molecular complexity index is 2050. The molecule has 7 heteroatoms. The second kappa shape index (κ2) is 15.2. The molecule has 0 saturated heterocycles. The van der Waals surface area contributed by atoms with E-state index in [2.05, 4.69) is 30.0 Å². The molecule has 51 heavy (non-hydrogen) atoms. The maximum Gasteiger partial charge on any atom is 0.122 e. The molecule has 0 atom stereocenters. The molecule has 0 aromatic heterocycles. The second-order valence-corrected chi connectivity index (χ2v) is 13.0. The van der Waals surface area contributed by atoms with Crippen molar-refractivity contribution in [2.45, 2.75) is 44.9 Å². The molecule has 0 aliphatic heterocycles. The number of phenolic OH excluding ortho intramolecular Hbond substituents is 4. The van der Waals surface area contributed by atoms with Crippen molar-refractivity contribution in [3.8, 4) is 28.7 Å². The van der Waals surface area contributed by atoms with Crippen molar-refractivity contribution in [3.63, 3.8) is 0 Å². The molecule has 0 saturated carbocycles. The monoisotopic (exact) mass is 678 g/mol. The quantitative estimate of drug-likeness (QED) is 0.0898. The van der Waals surface area contributed by atoms with Crippen LogP contribution in [-0.4, -0.2) is 27.5 Å². The zero-order valence-corrected chi connectivity index (χ0v) is 28.8. The summed E-state index contributed by atoms with van der Waals surface area (Å²) in [5, 5.41) is 56.0. The van der Waals surface area contributed by atoms with E-state index in [-0.39, 0.29) is 48.7 Å². The molecule has 0 spiro atoms. The number of hydrogen-bond donors (Lipinski definition) is 4. The Morgan fingerprint density at radius 1 is 0.490 bits per heavy atom. The van der Waals surface area contributed by atoms with Crippen LogP contribution in [0.4, 0.5) is 11.4 Å². The Hall–Kier alpha value is -6.08. The van der Waals surface area contributed by atoms with Crippen LogP contribution in [0.5, 0.6) is 28.7 Å². The minimum absolute atomic E-state index is 0.0487. The number of benzene rings is 5. The fraction of sp³-hybridized carbons (Fsp3) is 0.182. The zero-order chi connectivity index (χ0) is 36.1. The first kappa shape index (κ1) is 34.8. The van der Waals surface area contributed by atoms with Gasteiger partial charge in [0.15, 0.2) is 0 Å². The summed E-state index contributed by atoms with van der Waals surface area (Å²) < 4.78 is 5.27. The van der Waals surface area contributed by atoms with Gasteiger partial charge in [0.1, 0.15) is 28.7 Å². The lowest BCUT2D eigenvalue weighted by atomic mass is 9.88. The topological polar surface area (TPSA) is 115 Å². The predicted molar refractivity (Wildman–Crippen MR) is 203 cm³/mol. The number of fused-ring (bicyclic) bond motifs is 8. The van der Waals surface area contributed by atoms with Gasteiger partial charge < -0.3 is 25.2 Å². The van der Waals surface area contributed by atoms with Crippen molar-refractivity contribution in [3.05, 3.63) is 172 Å². The fourth-order valence-electron chi connectivity index (χ4n) is 6.81. The average Bonchev–Trinajstić information content (AvgIpc) is 3.11. The first-order chi connectivity index (χ1) is 24.7. The maximum absolute atomic E-state index is 11.8. The van der Waals surface area contributed by atoms with Crippen LogP contribution in [0, 0.1) is 0 Å². The van der Waals surface area contributed by atoms with Crippen LogP contribution in [0.3, 0.4) is 0 Å². The molecular weight excluding hydrogens is 636 g/mol. The Labute approximate surface area is 298 Å². The molecule has 1 aliphatic rings. The maximum atomic E-state index is 11.8. The van der Waals surface area contributed by atoms with Gasteiger partial charge in [0.05, 0.1) is 18.5 Å². The van der Waals surface area contributed by atoms with Gasteiger partial charge in [-0.3, -0.25) is 0 Å². The Morgan fingerprint density at radius 2 is 0.784 bits per heavy atom. The normalized spacial score (nSPS) is 12.4. The van der Waals surface area contributed by atoms with E-state index in [0.717, 1.165) is 16.7 Å². The number of rotatable bonds is 9. The molecule has 5 aromatic rings. The van der Waals surface area contributed by atoms with Crippen LogP contribution >= 0.6 is 0 Å². The molecule has 258 valence electrons. The number of methoxy groups -OCH3 is 1. The van der Waals surface area contributed by atoms with Gasteiger partial charge in [0, 0.05) is 36.8 Å². The standard InChI is InChI=1S/C44H42N2O5/c1-5-8-27-15-30-21-32-17-28(9-6-2)19-34(42(32)48)23-36-25-39(46-45-38-11-13-40(51-4)14-12-38)26-37(44(36)50)24-35-20-29(10-7-3)18-33(43(35)49)22-31(16-27)41(30)47/h5-7,11-20,25-26,47-50H,1-3,8-10,21-24H2,4H3. The number of hydrogen-bond acceptors (Lipinski definition) is 7. The van der Waals surface area contributed by atoms with E-state index in [9.17, 15) is 20.4 Å². The van der Waals surface area contributed by atoms with E-state index in [1.165, 1.54) is 0 Å². The van der Waals surface area contributed by atoms with E-state index < -0.39 is 0 Å². The molecular formula is C44H42N2O5. The van der Waals surface area contributed by atoms with Crippen LogP contribution in [0.1, 0.15) is 61.2 Å². The highest BCUT2D eigenvalue weighted by atomic mass is 16.5. The molecule has 5 aromatic carbocycles. The number of allylic oxidation sites excluding steroid dienone is 3. The third kappa shape index (κ3) is 7.73. The molecule has 0 heterocycles. The average molecular weight is 679 g/mol. The third-order valence-corrected chi connectivity index (χ3v) is 9.25. The molecule has 0 radical (unpaired) electrons. The Balaban J connectivity index is 1.58. The molecule has 1 aliphatic carbocycles. The van der Waals surface area contributed by atoms with E-state index in [1.54, 1.807) is 43.5 Å². The van der Waals surface area contributed by atoms with Crippen molar-refractivity contribution in [1.82, 2.24) is 0 Å². The van der Waals surface area contributed by atoms with E-state index in [4.69, 9.17) is 4.74 Å². The minimum Gasteiger partial charge on any atom is -0.507 e. The minimum atomic E-state index is 0.0487. The van der Waals surface area contributed by atoms with Crippen molar-refractivity contribution < 1.29 is 25.2 Å². The lowest BCUT2D eigenvalue weighted by Crippen LogP contribution is -2.03. The van der Waals surface area contributed by atoms with Crippen molar-refractivity contribution >= 4 is 11.4 Å². The smallest absolute Gasteiger partial charge is 0.122 e. The highest BCUT2D eigenvalue weighted by molar-refractivity contribution is 5.60. The summed E-state index contributed by atoms with van der Waals surface area (Å²) in [7, 11) is 1.60. The van der Waals surface area contributed by atoms with Crippen molar-refractivity contribution in [2.75, 3.05) is 7.11 Å². The van der Waals surface area contributed by atoms with Crippen LogP contribution in [0.25, 0.3) is 0 Å². The second-order valence-electron chi connectivity index (χ2n) is 13.0. The number of azo groups is 1. The highest BCUT2D eigenvalue weighted by Gasteiger charge is 2.21. The summed E-state index contributed by atoms with van der Waals surface area (Å²) in [6.07, 6.45) is 8.07. The SMILES string of the molecule is C=CCc1cc2c(O)c(c1)Cc1cc(CC=C)cc(c1O)Cc1cc(N=Nc3ccc(OC)cc3)cc(c1O)Cc1cc(CC=C)cc(c1O)C2. The van der Waals surface area contributed by atoms with Crippen LogP contribution in [0.2, 0.25) is 0 Å².